The Labute approximate surface area is 179 Å². The molecule has 0 radical (unpaired) electrons. The van der Waals surface area contributed by atoms with Crippen molar-refractivity contribution in [2.24, 2.45) is 0 Å². The van der Waals surface area contributed by atoms with E-state index >= 15 is 0 Å². The molecule has 0 heterocycles. The molecule has 0 saturated heterocycles. The summed E-state index contributed by atoms with van der Waals surface area (Å²) in [6, 6.07) is 21.9. The highest BCUT2D eigenvalue weighted by atomic mass is 16.6. The number of nitrogens with zero attached hydrogens (tertiary/aromatic N) is 1. The summed E-state index contributed by atoms with van der Waals surface area (Å²) in [7, 11) is 0. The summed E-state index contributed by atoms with van der Waals surface area (Å²) in [4.78, 5) is 35.9. The number of hydrogen-bond acceptors (Lipinski definition) is 5. The maximum atomic E-state index is 12.8. The molecule has 0 bridgehead atoms. The number of aryl methyl sites for hydroxylation is 1. The fraction of sp³-hybridized carbons (Fsp3) is 0.0833. The van der Waals surface area contributed by atoms with Crippen LogP contribution in [0.25, 0.3) is 6.08 Å². The Balaban J connectivity index is 1.79. The minimum atomic E-state index is -1.19. The number of nitro benzene ring substituents is 1. The van der Waals surface area contributed by atoms with Gasteiger partial charge in [-0.05, 0) is 31.2 Å². The summed E-state index contributed by atoms with van der Waals surface area (Å²) in [6.07, 6.45) is 1.17. The summed E-state index contributed by atoms with van der Waals surface area (Å²) in [5.74, 6) is -1.31. The highest BCUT2D eigenvalue weighted by Crippen LogP contribution is 2.22. The van der Waals surface area contributed by atoms with Gasteiger partial charge in [0.2, 0.25) is 6.10 Å². The van der Waals surface area contributed by atoms with E-state index in [0.717, 1.165) is 11.6 Å². The van der Waals surface area contributed by atoms with Crippen molar-refractivity contribution >= 4 is 29.3 Å². The van der Waals surface area contributed by atoms with Crippen molar-refractivity contribution in [3.8, 4) is 0 Å². The quantitative estimate of drug-likeness (QED) is 0.257. The molecule has 0 saturated carbocycles. The summed E-state index contributed by atoms with van der Waals surface area (Å²) >= 11 is 0. The average Bonchev–Trinajstić information content (AvgIpc) is 2.78. The third kappa shape index (κ3) is 5.86. The van der Waals surface area contributed by atoms with E-state index in [9.17, 15) is 19.7 Å². The number of rotatable bonds is 7. The number of ether oxygens (including phenoxy) is 1. The van der Waals surface area contributed by atoms with Crippen molar-refractivity contribution in [3.05, 3.63) is 112 Å². The second-order valence-corrected chi connectivity index (χ2v) is 6.73. The molecule has 0 unspecified atom stereocenters. The smallest absolute Gasteiger partial charge is 0.331 e. The number of nitro groups is 1. The van der Waals surface area contributed by atoms with E-state index in [4.69, 9.17) is 4.74 Å². The van der Waals surface area contributed by atoms with Crippen molar-refractivity contribution in [1.82, 2.24) is 0 Å². The lowest BCUT2D eigenvalue weighted by Gasteiger charge is -2.17. The normalized spacial score (nSPS) is 11.6. The molecule has 3 aromatic carbocycles. The Morgan fingerprint density at radius 1 is 0.968 bits per heavy atom. The molecule has 0 aromatic heterocycles. The molecule has 7 heteroatoms. The van der Waals surface area contributed by atoms with Crippen LogP contribution in [0.4, 0.5) is 11.4 Å². The van der Waals surface area contributed by atoms with Crippen molar-refractivity contribution < 1.29 is 19.2 Å². The van der Waals surface area contributed by atoms with E-state index in [2.05, 4.69) is 5.32 Å². The van der Waals surface area contributed by atoms with Crippen LogP contribution in [0.3, 0.4) is 0 Å². The molecule has 1 atom stereocenters. The monoisotopic (exact) mass is 416 g/mol. The van der Waals surface area contributed by atoms with Gasteiger partial charge in [0.1, 0.15) is 0 Å². The lowest BCUT2D eigenvalue weighted by molar-refractivity contribution is -0.385. The topological polar surface area (TPSA) is 98.5 Å². The molecule has 0 aliphatic carbocycles. The van der Waals surface area contributed by atoms with Gasteiger partial charge < -0.3 is 10.1 Å². The maximum Gasteiger partial charge on any atom is 0.331 e. The summed E-state index contributed by atoms with van der Waals surface area (Å²) < 4.78 is 5.41. The zero-order valence-corrected chi connectivity index (χ0v) is 16.7. The predicted octanol–water partition coefficient (Wildman–Crippen LogP) is 4.84. The highest BCUT2D eigenvalue weighted by molar-refractivity contribution is 5.97. The standard InChI is InChI=1S/C24H20N2O5/c1-17-11-14-20(15-12-17)25-24(28)23(19-8-3-2-4-9-19)31-22(27)16-13-18-7-5-6-10-21(18)26(29)30/h2-16,23H,1H3,(H,25,28)/b16-13+/t23-/m0/s1. The van der Waals surface area contributed by atoms with Crippen LogP contribution in [0.1, 0.15) is 22.8 Å². The van der Waals surface area contributed by atoms with Crippen LogP contribution >= 0.6 is 0 Å². The highest BCUT2D eigenvalue weighted by Gasteiger charge is 2.24. The first kappa shape index (κ1) is 21.4. The molecule has 0 aliphatic heterocycles. The molecule has 3 aromatic rings. The van der Waals surface area contributed by atoms with Crippen LogP contribution in [0, 0.1) is 17.0 Å². The number of benzene rings is 3. The zero-order valence-electron chi connectivity index (χ0n) is 16.7. The summed E-state index contributed by atoms with van der Waals surface area (Å²) in [6.45, 7) is 1.93. The SMILES string of the molecule is Cc1ccc(NC(=O)[C@@H](OC(=O)/C=C/c2ccccc2[N+](=O)[O-])c2ccccc2)cc1. The van der Waals surface area contributed by atoms with Crippen LogP contribution in [-0.2, 0) is 14.3 Å². The Hall–Kier alpha value is -4.26. The number of amides is 1. The van der Waals surface area contributed by atoms with Gasteiger partial charge in [0.25, 0.3) is 11.6 Å². The molecular formula is C24H20N2O5. The molecule has 0 aliphatic rings. The molecule has 31 heavy (non-hydrogen) atoms. The Bertz CT molecular complexity index is 1110. The molecular weight excluding hydrogens is 396 g/mol. The van der Waals surface area contributed by atoms with Crippen LogP contribution in [0.5, 0.6) is 0 Å². The Kier molecular flexibility index (Phi) is 6.90. The Morgan fingerprint density at radius 2 is 1.61 bits per heavy atom. The number of esters is 1. The van der Waals surface area contributed by atoms with Crippen LogP contribution < -0.4 is 5.32 Å². The van der Waals surface area contributed by atoms with E-state index in [1.807, 2.05) is 19.1 Å². The van der Waals surface area contributed by atoms with E-state index in [1.165, 1.54) is 24.3 Å². The van der Waals surface area contributed by atoms with E-state index in [1.54, 1.807) is 48.5 Å². The fourth-order valence-corrected chi connectivity index (χ4v) is 2.85. The van der Waals surface area contributed by atoms with Gasteiger partial charge in [-0.15, -0.1) is 0 Å². The summed E-state index contributed by atoms with van der Waals surface area (Å²) in [5.41, 5.74) is 2.24. The first-order chi connectivity index (χ1) is 14.9. The van der Waals surface area contributed by atoms with Crippen molar-refractivity contribution in [1.29, 1.82) is 0 Å². The van der Waals surface area contributed by atoms with Gasteiger partial charge in [0, 0.05) is 23.4 Å². The number of carbonyl (C=O) groups excluding carboxylic acids is 2. The lowest BCUT2D eigenvalue weighted by Crippen LogP contribution is -2.25. The van der Waals surface area contributed by atoms with Gasteiger partial charge in [0.15, 0.2) is 0 Å². The molecule has 3 rings (SSSR count). The maximum absolute atomic E-state index is 12.8. The zero-order chi connectivity index (χ0) is 22.2. The van der Waals surface area contributed by atoms with Gasteiger partial charge in [-0.2, -0.15) is 0 Å². The van der Waals surface area contributed by atoms with Gasteiger partial charge in [-0.25, -0.2) is 4.79 Å². The minimum Gasteiger partial charge on any atom is -0.444 e. The van der Waals surface area contributed by atoms with Crippen LogP contribution in [-0.4, -0.2) is 16.8 Å². The first-order valence-corrected chi connectivity index (χ1v) is 9.48. The lowest BCUT2D eigenvalue weighted by atomic mass is 10.1. The van der Waals surface area contributed by atoms with E-state index in [-0.39, 0.29) is 11.3 Å². The van der Waals surface area contributed by atoms with Crippen LogP contribution in [0.15, 0.2) is 84.9 Å². The van der Waals surface area contributed by atoms with Crippen molar-refractivity contribution in [2.75, 3.05) is 5.32 Å². The number of hydrogen-bond donors (Lipinski definition) is 1. The number of para-hydroxylation sites is 1. The van der Waals surface area contributed by atoms with Gasteiger partial charge in [-0.1, -0.05) is 60.2 Å². The van der Waals surface area contributed by atoms with Gasteiger partial charge in [0.05, 0.1) is 10.5 Å². The number of anilines is 1. The van der Waals surface area contributed by atoms with Crippen LogP contribution in [0.2, 0.25) is 0 Å². The molecule has 156 valence electrons. The molecule has 0 fully saturated rings. The van der Waals surface area contributed by atoms with Gasteiger partial charge in [-0.3, -0.25) is 14.9 Å². The third-order valence-electron chi connectivity index (χ3n) is 4.43. The van der Waals surface area contributed by atoms with E-state index < -0.39 is 22.9 Å². The second kappa shape index (κ2) is 9.98. The molecule has 7 nitrogen and oxygen atoms in total. The molecule has 1 amide bonds. The first-order valence-electron chi connectivity index (χ1n) is 9.48. The molecule has 1 N–H and O–H groups in total. The number of nitrogens with one attached hydrogen (secondary N) is 1. The fourth-order valence-electron chi connectivity index (χ4n) is 2.85. The van der Waals surface area contributed by atoms with E-state index in [0.29, 0.717) is 11.3 Å². The number of carbonyl (C=O) groups is 2. The minimum absolute atomic E-state index is 0.136. The van der Waals surface area contributed by atoms with Crippen molar-refractivity contribution in [2.45, 2.75) is 13.0 Å². The van der Waals surface area contributed by atoms with Crippen molar-refractivity contribution in [3.63, 3.8) is 0 Å². The largest absolute Gasteiger partial charge is 0.444 e. The Morgan fingerprint density at radius 3 is 2.29 bits per heavy atom. The average molecular weight is 416 g/mol. The van der Waals surface area contributed by atoms with Gasteiger partial charge >= 0.3 is 5.97 Å². The summed E-state index contributed by atoms with van der Waals surface area (Å²) in [5, 5.41) is 13.9. The second-order valence-electron chi connectivity index (χ2n) is 6.73. The molecule has 0 spiro atoms. The third-order valence-corrected chi connectivity index (χ3v) is 4.43. The predicted molar refractivity (Wildman–Crippen MR) is 117 cm³/mol.